The molecule has 2 nitrogen and oxygen atoms in total. The van der Waals surface area contributed by atoms with E-state index < -0.39 is 13.1 Å². The van der Waals surface area contributed by atoms with Gasteiger partial charge >= 0.3 is 0 Å². The first-order valence-electron chi connectivity index (χ1n) is 4.54. The number of hydrogen-bond donors (Lipinski definition) is 2. The third-order valence-electron chi connectivity index (χ3n) is 1.34. The fraction of sp³-hybridized carbons (Fsp3) is 0.333. The van der Waals surface area contributed by atoms with Crippen molar-refractivity contribution in [1.82, 2.24) is 5.32 Å². The largest absolute Gasteiger partial charge is 0.395 e. The van der Waals surface area contributed by atoms with Crippen molar-refractivity contribution in [2.24, 2.45) is 0 Å². The Balaban J connectivity index is 2.44. The summed E-state index contributed by atoms with van der Waals surface area (Å²) in [6.07, 6.45) is 0. The molecule has 0 saturated heterocycles. The monoisotopic (exact) mass is 153 g/mol. The number of rotatable bonds is 4. The zero-order valence-electron chi connectivity index (χ0n) is 8.25. The number of nitrogens with one attached hydrogen (secondary N) is 1. The molecule has 11 heavy (non-hydrogen) atoms. The Labute approximate surface area is 69.7 Å². The van der Waals surface area contributed by atoms with Gasteiger partial charge in [-0.25, -0.2) is 0 Å². The summed E-state index contributed by atoms with van der Waals surface area (Å²) >= 11 is 0. The van der Waals surface area contributed by atoms with E-state index in [2.05, 4.69) is 5.32 Å². The lowest BCUT2D eigenvalue weighted by Crippen LogP contribution is -2.17. The highest BCUT2D eigenvalue weighted by molar-refractivity contribution is 5.14. The maximum absolute atomic E-state index is 8.63. The Kier molecular flexibility index (Phi) is 2.55. The van der Waals surface area contributed by atoms with Gasteiger partial charge in [0, 0.05) is 15.8 Å². The van der Waals surface area contributed by atoms with Gasteiger partial charge in [0.2, 0.25) is 0 Å². The van der Waals surface area contributed by atoms with Gasteiger partial charge in [-0.3, -0.25) is 0 Å². The summed E-state index contributed by atoms with van der Waals surface area (Å²) in [6.45, 7) is -1.79. The summed E-state index contributed by atoms with van der Waals surface area (Å²) in [5, 5.41) is 11.2. The molecule has 0 saturated carbocycles. The van der Waals surface area contributed by atoms with Gasteiger partial charge in [-0.1, -0.05) is 30.3 Å². The number of benzene rings is 1. The maximum atomic E-state index is 8.63. The number of aliphatic hydroxyl groups is 1. The molecule has 0 radical (unpaired) electrons. The molecule has 1 aromatic rings. The molecule has 0 heterocycles. The fourth-order valence-electron chi connectivity index (χ4n) is 0.816. The third kappa shape index (κ3) is 3.16. The van der Waals surface area contributed by atoms with Crippen LogP contribution in [0.4, 0.5) is 0 Å². The van der Waals surface area contributed by atoms with Crippen LogP contribution in [0.15, 0.2) is 30.3 Å². The first-order valence-corrected chi connectivity index (χ1v) is 3.54. The van der Waals surface area contributed by atoms with Gasteiger partial charge in [0.25, 0.3) is 0 Å². The third-order valence-corrected chi connectivity index (χ3v) is 1.34. The molecule has 60 valence electrons. The summed E-state index contributed by atoms with van der Waals surface area (Å²) in [4.78, 5) is 0. The van der Waals surface area contributed by atoms with Gasteiger partial charge in [0.1, 0.15) is 0 Å². The highest BCUT2D eigenvalue weighted by atomic mass is 16.3. The average molecular weight is 153 g/mol. The Morgan fingerprint density at radius 1 is 1.36 bits per heavy atom. The van der Waals surface area contributed by atoms with Crippen LogP contribution in [0.5, 0.6) is 0 Å². The van der Waals surface area contributed by atoms with E-state index in [4.69, 9.17) is 7.85 Å². The molecule has 0 unspecified atom stereocenters. The van der Waals surface area contributed by atoms with E-state index in [9.17, 15) is 0 Å². The lowest BCUT2D eigenvalue weighted by Gasteiger charge is -2.01. The van der Waals surface area contributed by atoms with Crippen molar-refractivity contribution in [3.05, 3.63) is 35.9 Å². The molecule has 0 amide bonds. The molecule has 0 aliphatic heterocycles. The molecule has 2 heteroatoms. The van der Waals surface area contributed by atoms with E-state index in [-0.39, 0.29) is 0 Å². The second-order valence-electron chi connectivity index (χ2n) is 2.17. The molecule has 0 aliphatic carbocycles. The van der Waals surface area contributed by atoms with Crippen LogP contribution in [0.25, 0.3) is 0 Å². The Morgan fingerprint density at radius 3 is 2.73 bits per heavy atom. The minimum absolute atomic E-state index is 0.425. The molecule has 0 spiro atoms. The van der Waals surface area contributed by atoms with E-state index in [0.29, 0.717) is 6.54 Å². The van der Waals surface area contributed by atoms with E-state index in [1.165, 1.54) is 0 Å². The van der Waals surface area contributed by atoms with Gasteiger partial charge in [-0.05, 0) is 5.56 Å². The van der Waals surface area contributed by atoms with E-state index >= 15 is 0 Å². The predicted octanol–water partition coefficient (Wildman–Crippen LogP) is 0.769. The molecule has 1 aromatic carbocycles. The molecule has 0 aromatic heterocycles. The van der Waals surface area contributed by atoms with Crippen LogP contribution in [0, 0.1) is 0 Å². The minimum Gasteiger partial charge on any atom is -0.395 e. The average Bonchev–Trinajstić information content (AvgIpc) is 2.17. The molecule has 1 rings (SSSR count). The molecule has 0 atom stereocenters. The predicted molar refractivity (Wildman–Crippen MR) is 45.2 cm³/mol. The van der Waals surface area contributed by atoms with E-state index in [1.54, 1.807) is 0 Å². The zero-order chi connectivity index (χ0) is 9.73. The van der Waals surface area contributed by atoms with E-state index in [1.807, 2.05) is 30.3 Å². The molecule has 2 N–H and O–H groups in total. The van der Waals surface area contributed by atoms with Crippen LogP contribution in [0.3, 0.4) is 0 Å². The maximum Gasteiger partial charge on any atom is 0.0556 e. The standard InChI is InChI=1S/C9H13NO/c11-7-6-10-8-9-4-2-1-3-5-9/h1-5,10-11H,6-8H2/i6D2. The topological polar surface area (TPSA) is 32.3 Å². The zero-order valence-corrected chi connectivity index (χ0v) is 6.25. The van der Waals surface area contributed by atoms with Crippen LogP contribution in [-0.4, -0.2) is 18.2 Å². The van der Waals surface area contributed by atoms with Crippen molar-refractivity contribution in [3.8, 4) is 0 Å². The van der Waals surface area contributed by atoms with Crippen molar-refractivity contribution in [3.63, 3.8) is 0 Å². The quantitative estimate of drug-likeness (QED) is 0.669. The summed E-state index contributed by atoms with van der Waals surface area (Å²) in [6, 6.07) is 9.50. The lowest BCUT2D eigenvalue weighted by atomic mass is 10.2. The van der Waals surface area contributed by atoms with Crippen molar-refractivity contribution in [2.45, 2.75) is 6.54 Å². The van der Waals surface area contributed by atoms with Crippen LogP contribution in [0.1, 0.15) is 8.30 Å². The van der Waals surface area contributed by atoms with Crippen LogP contribution < -0.4 is 5.32 Å². The summed E-state index contributed by atoms with van der Waals surface area (Å²) < 4.78 is 14.5. The van der Waals surface area contributed by atoms with Gasteiger partial charge in [0.15, 0.2) is 0 Å². The first kappa shape index (κ1) is 5.75. The number of aliphatic hydroxyl groups excluding tert-OH is 1. The summed E-state index contributed by atoms with van der Waals surface area (Å²) in [5.74, 6) is 0. The highest BCUT2D eigenvalue weighted by Crippen LogP contribution is 1.96. The number of hydrogen-bond acceptors (Lipinski definition) is 2. The van der Waals surface area contributed by atoms with Crippen molar-refractivity contribution >= 4 is 0 Å². The second-order valence-corrected chi connectivity index (χ2v) is 2.17. The fourth-order valence-corrected chi connectivity index (χ4v) is 0.816. The summed E-state index contributed by atoms with van der Waals surface area (Å²) in [7, 11) is 0. The molecule has 0 fully saturated rings. The smallest absolute Gasteiger partial charge is 0.0556 e. The van der Waals surface area contributed by atoms with Crippen molar-refractivity contribution in [1.29, 1.82) is 0 Å². The van der Waals surface area contributed by atoms with Gasteiger partial charge in [-0.2, -0.15) is 0 Å². The van der Waals surface area contributed by atoms with Gasteiger partial charge in [-0.15, -0.1) is 0 Å². The van der Waals surface area contributed by atoms with Crippen molar-refractivity contribution in [2.75, 3.05) is 13.1 Å². The minimum atomic E-state index is -1.70. The first-order chi connectivity index (χ1) is 6.14. The van der Waals surface area contributed by atoms with Gasteiger partial charge < -0.3 is 10.4 Å². The van der Waals surface area contributed by atoms with Crippen LogP contribution in [-0.2, 0) is 6.54 Å². The Morgan fingerprint density at radius 2 is 2.09 bits per heavy atom. The molecule has 0 bridgehead atoms. The second kappa shape index (κ2) is 4.88. The molecular formula is C9H13NO. The summed E-state index contributed by atoms with van der Waals surface area (Å²) in [5.41, 5.74) is 1.000. The SMILES string of the molecule is [2H]C([2H])(CO)NCc1ccccc1. The molecule has 0 aliphatic rings. The lowest BCUT2D eigenvalue weighted by molar-refractivity contribution is 0.292. The van der Waals surface area contributed by atoms with Crippen LogP contribution >= 0.6 is 0 Å². The normalized spacial score (nSPS) is 13.9. The Hall–Kier alpha value is -0.860. The molecular weight excluding hydrogens is 138 g/mol. The van der Waals surface area contributed by atoms with Gasteiger partial charge in [0.05, 0.1) is 6.61 Å². The highest BCUT2D eigenvalue weighted by Gasteiger charge is 1.87. The van der Waals surface area contributed by atoms with E-state index in [0.717, 1.165) is 5.56 Å². The van der Waals surface area contributed by atoms with Crippen molar-refractivity contribution < 1.29 is 7.85 Å². The Bertz CT molecular complexity index is 251. The van der Waals surface area contributed by atoms with Crippen LogP contribution in [0.2, 0.25) is 0 Å².